The second kappa shape index (κ2) is 10.6. The zero-order chi connectivity index (χ0) is 25.9. The molecule has 192 valence electrons. The van der Waals surface area contributed by atoms with E-state index in [1.807, 2.05) is 0 Å². The van der Waals surface area contributed by atoms with Crippen molar-refractivity contribution in [3.63, 3.8) is 0 Å². The van der Waals surface area contributed by atoms with Crippen LogP contribution in [0.2, 0.25) is 0 Å². The highest BCUT2D eigenvalue weighted by molar-refractivity contribution is 7.90. The predicted molar refractivity (Wildman–Crippen MR) is 134 cm³/mol. The molecule has 0 aliphatic carbocycles. The molecule has 1 aromatic carbocycles. The summed E-state index contributed by atoms with van der Waals surface area (Å²) < 4.78 is 67.7. The number of alkyl halides is 3. The molecule has 5 nitrogen and oxygen atoms in total. The number of pyridine rings is 2. The van der Waals surface area contributed by atoms with Gasteiger partial charge in [-0.25, -0.2) is 13.4 Å². The third kappa shape index (κ3) is 5.88. The second-order valence-corrected chi connectivity index (χ2v) is 11.3. The first-order valence-corrected chi connectivity index (χ1v) is 13.8. The van der Waals surface area contributed by atoms with E-state index < -0.39 is 27.3 Å². The van der Waals surface area contributed by atoms with Crippen LogP contribution < -0.4 is 4.90 Å². The Morgan fingerprint density at radius 1 is 1.03 bits per heavy atom. The van der Waals surface area contributed by atoms with Crippen LogP contribution in [0.5, 0.6) is 0 Å². The van der Waals surface area contributed by atoms with E-state index in [2.05, 4.69) is 21.8 Å². The molecular formula is C27H30F3N3O2S. The average Bonchev–Trinajstić information content (AvgIpc) is 2.84. The van der Waals surface area contributed by atoms with Crippen LogP contribution >= 0.6 is 0 Å². The van der Waals surface area contributed by atoms with Crippen LogP contribution in [0, 0.1) is 12.8 Å². The van der Waals surface area contributed by atoms with E-state index in [9.17, 15) is 21.6 Å². The van der Waals surface area contributed by atoms with Gasteiger partial charge in [-0.3, -0.25) is 4.98 Å². The zero-order valence-electron chi connectivity index (χ0n) is 20.4. The van der Waals surface area contributed by atoms with Gasteiger partial charge in [-0.05, 0) is 61.9 Å². The third-order valence-corrected chi connectivity index (χ3v) is 8.10. The van der Waals surface area contributed by atoms with Crippen molar-refractivity contribution in [1.82, 2.24) is 9.97 Å². The molecular weight excluding hydrogens is 487 g/mol. The second-order valence-electron chi connectivity index (χ2n) is 9.35. The molecule has 1 atom stereocenters. The molecule has 1 unspecified atom stereocenters. The number of nitrogens with zero attached hydrogens (tertiary/aromatic N) is 3. The number of aromatic nitrogens is 2. The largest absolute Gasteiger partial charge is 0.418 e. The monoisotopic (exact) mass is 517 g/mol. The minimum Gasteiger partial charge on any atom is -0.356 e. The Morgan fingerprint density at radius 2 is 1.81 bits per heavy atom. The van der Waals surface area contributed by atoms with Crippen LogP contribution in [0.25, 0.3) is 11.3 Å². The third-order valence-electron chi connectivity index (χ3n) is 6.56. The van der Waals surface area contributed by atoms with Crippen molar-refractivity contribution in [3.8, 4) is 11.3 Å². The molecule has 9 heteroatoms. The predicted octanol–water partition coefficient (Wildman–Crippen LogP) is 6.46. The molecule has 0 N–H and O–H groups in total. The molecule has 2 aromatic heterocycles. The fraction of sp³-hybridized carbons (Fsp3) is 0.407. The maximum Gasteiger partial charge on any atom is 0.418 e. The lowest BCUT2D eigenvalue weighted by atomic mass is 9.94. The smallest absolute Gasteiger partial charge is 0.356 e. The van der Waals surface area contributed by atoms with Crippen LogP contribution in [0.15, 0.2) is 59.6 Å². The Hall–Kier alpha value is -2.94. The minimum atomic E-state index is -4.62. The summed E-state index contributed by atoms with van der Waals surface area (Å²) in [5.74, 6) is 0.624. The molecule has 4 rings (SSSR count). The average molecular weight is 518 g/mol. The van der Waals surface area contributed by atoms with Gasteiger partial charge in [0.1, 0.15) is 5.82 Å². The van der Waals surface area contributed by atoms with E-state index in [4.69, 9.17) is 0 Å². The molecule has 0 radical (unpaired) electrons. The van der Waals surface area contributed by atoms with Crippen LogP contribution in [0.1, 0.15) is 49.4 Å². The number of anilines is 1. The highest BCUT2D eigenvalue weighted by Gasteiger charge is 2.35. The van der Waals surface area contributed by atoms with Crippen molar-refractivity contribution in [2.75, 3.05) is 18.0 Å². The number of aryl methyl sites for hydroxylation is 1. The number of sulfone groups is 1. The van der Waals surface area contributed by atoms with E-state index >= 15 is 0 Å². The number of hydrogen-bond donors (Lipinski definition) is 0. The van der Waals surface area contributed by atoms with Gasteiger partial charge in [0.15, 0.2) is 5.03 Å². The summed E-state index contributed by atoms with van der Waals surface area (Å²) in [5, 5.41) is -0.100. The maximum absolute atomic E-state index is 13.7. The summed E-state index contributed by atoms with van der Waals surface area (Å²) in [6, 6.07) is 13.6. The van der Waals surface area contributed by atoms with Crippen molar-refractivity contribution in [1.29, 1.82) is 0 Å². The van der Waals surface area contributed by atoms with Gasteiger partial charge >= 0.3 is 6.18 Å². The fourth-order valence-electron chi connectivity index (χ4n) is 4.79. The number of benzene rings is 1. The number of hydrogen-bond acceptors (Lipinski definition) is 5. The van der Waals surface area contributed by atoms with E-state index in [1.54, 1.807) is 43.3 Å². The molecule has 0 spiro atoms. The molecule has 1 fully saturated rings. The lowest BCUT2D eigenvalue weighted by Gasteiger charge is -2.33. The Morgan fingerprint density at radius 3 is 2.53 bits per heavy atom. The van der Waals surface area contributed by atoms with Crippen LogP contribution in [-0.4, -0.2) is 31.5 Å². The highest BCUT2D eigenvalue weighted by atomic mass is 32.2. The van der Waals surface area contributed by atoms with Gasteiger partial charge in [-0.2, -0.15) is 13.2 Å². The van der Waals surface area contributed by atoms with Crippen molar-refractivity contribution in [2.45, 2.75) is 56.5 Å². The highest BCUT2D eigenvalue weighted by Crippen LogP contribution is 2.37. The van der Waals surface area contributed by atoms with Gasteiger partial charge in [-0.15, -0.1) is 0 Å². The summed E-state index contributed by atoms with van der Waals surface area (Å²) in [5.41, 5.74) is -0.201. The summed E-state index contributed by atoms with van der Waals surface area (Å²) in [6.07, 6.45) is -0.212. The molecule has 1 aliphatic heterocycles. The standard InChI is InChI=1S/C27H30F3N3O2S/c1-3-8-20-10-7-16-33(17-20)24-12-6-13-25(32-24)36(34,35)18-21-14-15-23(27(28,29)30)26(31-21)22-11-5-4-9-19(22)2/h4-6,9,11-15,20H,3,7-8,10,16-18H2,1-2H3. The lowest BCUT2D eigenvalue weighted by molar-refractivity contribution is -0.137. The van der Waals surface area contributed by atoms with Crippen LogP contribution in [0.3, 0.4) is 0 Å². The Kier molecular flexibility index (Phi) is 7.68. The van der Waals surface area contributed by atoms with Crippen molar-refractivity contribution in [2.24, 2.45) is 5.92 Å². The molecule has 3 aromatic rings. The van der Waals surface area contributed by atoms with Gasteiger partial charge in [0, 0.05) is 18.7 Å². The normalized spacial score (nSPS) is 16.8. The quantitative estimate of drug-likeness (QED) is 0.360. The summed E-state index contributed by atoms with van der Waals surface area (Å²) >= 11 is 0. The van der Waals surface area contributed by atoms with Crippen molar-refractivity contribution in [3.05, 3.63) is 71.4 Å². The van der Waals surface area contributed by atoms with Gasteiger partial charge < -0.3 is 4.90 Å². The molecule has 0 saturated carbocycles. The van der Waals surface area contributed by atoms with Crippen LogP contribution in [-0.2, 0) is 21.8 Å². The molecule has 1 saturated heterocycles. The lowest BCUT2D eigenvalue weighted by Crippen LogP contribution is -2.36. The van der Waals surface area contributed by atoms with Crippen molar-refractivity contribution >= 4 is 15.7 Å². The molecule has 0 amide bonds. The topological polar surface area (TPSA) is 63.2 Å². The van der Waals surface area contributed by atoms with Crippen LogP contribution in [0.4, 0.5) is 19.0 Å². The summed E-state index contributed by atoms with van der Waals surface area (Å²) in [4.78, 5) is 10.7. The molecule has 1 aliphatic rings. The van der Waals surface area contributed by atoms with Gasteiger partial charge in [0.25, 0.3) is 0 Å². The number of piperidine rings is 1. The van der Waals surface area contributed by atoms with E-state index in [1.165, 1.54) is 6.07 Å². The summed E-state index contributed by atoms with van der Waals surface area (Å²) in [7, 11) is -3.94. The summed E-state index contributed by atoms with van der Waals surface area (Å²) in [6.45, 7) is 5.51. The Balaban J connectivity index is 1.64. The van der Waals surface area contributed by atoms with E-state index in [0.29, 0.717) is 22.9 Å². The minimum absolute atomic E-state index is 0.0365. The Bertz CT molecular complexity index is 1320. The first-order valence-electron chi connectivity index (χ1n) is 12.2. The molecule has 0 bridgehead atoms. The van der Waals surface area contributed by atoms with Crippen molar-refractivity contribution < 1.29 is 21.6 Å². The Labute approximate surface area is 210 Å². The number of halogens is 3. The fourth-order valence-corrected chi connectivity index (χ4v) is 6.01. The number of rotatable bonds is 7. The van der Waals surface area contributed by atoms with Gasteiger partial charge in [-0.1, -0.05) is 43.7 Å². The van der Waals surface area contributed by atoms with Gasteiger partial charge in [0.2, 0.25) is 9.84 Å². The first-order chi connectivity index (χ1) is 17.1. The SMILES string of the molecule is CCCC1CCCN(c2cccc(S(=O)(=O)Cc3ccc(C(F)(F)F)c(-c4ccccc4C)n3)n2)C1. The van der Waals surface area contributed by atoms with E-state index in [0.717, 1.165) is 50.9 Å². The first kappa shape index (κ1) is 26.1. The molecule has 3 heterocycles. The molecule has 36 heavy (non-hydrogen) atoms. The zero-order valence-corrected chi connectivity index (χ0v) is 21.2. The van der Waals surface area contributed by atoms with Gasteiger partial charge in [0.05, 0.1) is 22.7 Å². The van der Waals surface area contributed by atoms with E-state index in [-0.39, 0.29) is 16.4 Å². The maximum atomic E-state index is 13.7.